The molecule has 2 heterocycles. The van der Waals surface area contributed by atoms with Crippen molar-refractivity contribution in [3.8, 4) is 0 Å². The number of carbonyl (C=O) groups is 4. The van der Waals surface area contributed by atoms with Crippen LogP contribution in [0.25, 0.3) is 5.76 Å². The number of azo groups is 1. The summed E-state index contributed by atoms with van der Waals surface area (Å²) in [5.74, 6) is -2.85. The van der Waals surface area contributed by atoms with Gasteiger partial charge in [-0.3, -0.25) is 19.2 Å². The number of hydrogen-bond donors (Lipinski definition) is 1. The van der Waals surface area contributed by atoms with Crippen LogP contribution in [0, 0.1) is 0 Å². The van der Waals surface area contributed by atoms with Crippen LogP contribution in [-0.2, 0) is 16.5 Å². The molecule has 246 valence electrons. The van der Waals surface area contributed by atoms with Crippen LogP contribution in [0.4, 0.5) is 11.4 Å². The molecule has 16 heteroatoms. The molecule has 1 N–H and O–H groups in total. The maximum Gasteiger partial charge on any atom is 2.00 e. The summed E-state index contributed by atoms with van der Waals surface area (Å²) in [6, 6.07) is 14.9. The number of benzene rings is 3. The molecular formula is C32H23N4NiO5S6+. The van der Waals surface area contributed by atoms with Crippen molar-refractivity contribution in [2.75, 3.05) is 30.3 Å². The molecule has 1 aliphatic carbocycles. The average Bonchev–Trinajstić information content (AvgIpc) is 3.76. The first-order valence-electron chi connectivity index (χ1n) is 13.7. The van der Waals surface area contributed by atoms with Gasteiger partial charge in [-0.05, 0) is 66.3 Å². The van der Waals surface area contributed by atoms with Gasteiger partial charge in [-0.25, -0.2) is 4.31 Å². The first kappa shape index (κ1) is 36.3. The third-order valence-electron chi connectivity index (χ3n) is 7.22. The van der Waals surface area contributed by atoms with E-state index in [0.717, 1.165) is 26.0 Å². The van der Waals surface area contributed by atoms with E-state index in [1.54, 1.807) is 42.5 Å². The Bertz CT molecular complexity index is 2040. The fourth-order valence-corrected chi connectivity index (χ4v) is 11.0. The van der Waals surface area contributed by atoms with Crippen molar-refractivity contribution in [1.82, 2.24) is 4.31 Å². The van der Waals surface area contributed by atoms with E-state index in [0.29, 0.717) is 30.7 Å². The van der Waals surface area contributed by atoms with Crippen LogP contribution < -0.4 is 10.4 Å². The van der Waals surface area contributed by atoms with Crippen LogP contribution in [0.1, 0.15) is 47.0 Å². The standard InChI is InChI=1S/C32H24N4O5S6.Ni/c1-42-26-21-22(27(43-2)29(45-4)28(26)44-3)25(38)23(24(21)37)35-34-17-13-12-16(33-30(39)15-9-6-5-7-10-15)19-20(17)32(41)36(31(19)40)47-18-11-8-14-46-18;/h5-14,37H,1-4H3,(H,33,39);/q;+2/p-1. The van der Waals surface area contributed by atoms with Crippen LogP contribution in [-0.4, -0.2) is 52.8 Å². The molecule has 1 aromatic heterocycles. The van der Waals surface area contributed by atoms with Gasteiger partial charge >= 0.3 is 16.5 Å². The molecular weight excluding hydrogens is 771 g/mol. The number of anilines is 1. The number of amides is 3. The molecule has 48 heavy (non-hydrogen) atoms. The molecule has 3 amide bonds. The Morgan fingerprint density at radius 2 is 1.38 bits per heavy atom. The topological polar surface area (TPSA) is 131 Å². The number of nitrogens with one attached hydrogen (secondary N) is 1. The van der Waals surface area contributed by atoms with Gasteiger partial charge in [-0.1, -0.05) is 30.0 Å². The number of carbonyl (C=O) groups excluding carboxylic acids is 4. The number of Topliss-reactive ketones (excluding diaryl/α,β-unsaturated/α-hetero) is 1. The van der Waals surface area contributed by atoms with Crippen molar-refractivity contribution < 1.29 is 40.8 Å². The molecule has 0 unspecified atom stereocenters. The Labute approximate surface area is 311 Å². The van der Waals surface area contributed by atoms with E-state index in [1.165, 1.54) is 70.5 Å². The van der Waals surface area contributed by atoms with Crippen molar-refractivity contribution in [1.29, 1.82) is 0 Å². The van der Waals surface area contributed by atoms with E-state index in [9.17, 15) is 24.3 Å². The van der Waals surface area contributed by atoms with E-state index in [2.05, 4.69) is 15.5 Å². The number of imide groups is 1. The number of fused-ring (bicyclic) bond motifs is 2. The van der Waals surface area contributed by atoms with Crippen molar-refractivity contribution in [2.45, 2.75) is 23.8 Å². The first-order chi connectivity index (χ1) is 22.7. The van der Waals surface area contributed by atoms with Gasteiger partial charge in [0.05, 0.1) is 26.7 Å². The van der Waals surface area contributed by atoms with E-state index in [-0.39, 0.29) is 44.7 Å². The number of thiophene rings is 1. The molecule has 0 radical (unpaired) electrons. The van der Waals surface area contributed by atoms with Gasteiger partial charge in [0.15, 0.2) is 0 Å². The number of allylic oxidation sites excluding steroid dienone is 1. The quantitative estimate of drug-likeness (QED) is 0.0551. The monoisotopic (exact) mass is 793 g/mol. The summed E-state index contributed by atoms with van der Waals surface area (Å²) >= 11 is 8.14. The molecule has 4 aromatic rings. The van der Waals surface area contributed by atoms with Gasteiger partial charge in [-0.2, -0.15) is 0 Å². The van der Waals surface area contributed by atoms with Crippen LogP contribution in [0.15, 0.2) is 99.7 Å². The third kappa shape index (κ3) is 6.28. The summed E-state index contributed by atoms with van der Waals surface area (Å²) in [5.41, 5.74) is 0.566. The average molecular weight is 795 g/mol. The summed E-state index contributed by atoms with van der Waals surface area (Å²) in [7, 11) is 0. The molecule has 0 bridgehead atoms. The van der Waals surface area contributed by atoms with Crippen LogP contribution in [0.3, 0.4) is 0 Å². The number of nitrogens with zero attached hydrogens (tertiary/aromatic N) is 3. The number of ketones is 1. The van der Waals surface area contributed by atoms with Crippen molar-refractivity contribution in [3.05, 3.63) is 93.5 Å². The molecule has 3 aromatic carbocycles. The first-order valence-corrected chi connectivity index (χ1v) is 20.2. The predicted octanol–water partition coefficient (Wildman–Crippen LogP) is 8.20. The van der Waals surface area contributed by atoms with Gasteiger partial charge in [0, 0.05) is 42.7 Å². The van der Waals surface area contributed by atoms with E-state index in [1.807, 2.05) is 30.4 Å². The van der Waals surface area contributed by atoms with E-state index in [4.69, 9.17) is 0 Å². The van der Waals surface area contributed by atoms with Crippen LogP contribution in [0.5, 0.6) is 0 Å². The Morgan fingerprint density at radius 3 is 1.98 bits per heavy atom. The Morgan fingerprint density at radius 1 is 0.750 bits per heavy atom. The molecule has 0 fully saturated rings. The van der Waals surface area contributed by atoms with Gasteiger partial charge in [0.1, 0.15) is 5.70 Å². The van der Waals surface area contributed by atoms with Gasteiger partial charge < -0.3 is 10.4 Å². The molecule has 6 rings (SSSR count). The zero-order valence-corrected chi connectivity index (χ0v) is 31.3. The zero-order valence-electron chi connectivity index (χ0n) is 25.4. The minimum absolute atomic E-state index is 0. The molecule has 0 saturated heterocycles. The Balaban J connectivity index is 0.00000451. The molecule has 1 aliphatic heterocycles. The molecule has 0 spiro atoms. The van der Waals surface area contributed by atoms with Gasteiger partial charge in [0.25, 0.3) is 17.7 Å². The minimum atomic E-state index is -0.658. The van der Waals surface area contributed by atoms with Crippen molar-refractivity contribution in [3.63, 3.8) is 0 Å². The smallest absolute Gasteiger partial charge is 0.870 e. The predicted molar refractivity (Wildman–Crippen MR) is 191 cm³/mol. The Kier molecular flexibility index (Phi) is 11.6. The van der Waals surface area contributed by atoms with Crippen molar-refractivity contribution in [2.24, 2.45) is 10.2 Å². The summed E-state index contributed by atoms with van der Waals surface area (Å²) in [4.78, 5) is 57.7. The maximum atomic E-state index is 13.8. The largest absolute Gasteiger partial charge is 2.00 e. The number of rotatable bonds is 10. The molecule has 0 saturated carbocycles. The molecule has 0 atom stereocenters. The van der Waals surface area contributed by atoms with E-state index < -0.39 is 29.3 Å². The SMILES string of the molecule is CSc1c(SC)c(SC)c2c(c1SC)C(=O)C(N=Nc1ccc(NC(=O)c3ccccc3)c3c1C(=O)N(Sc1cccs1)C3=O)=C2[O-].[Ni+2]. The van der Waals surface area contributed by atoms with Gasteiger partial charge in [0.2, 0.25) is 5.78 Å². The van der Waals surface area contributed by atoms with Gasteiger partial charge in [-0.15, -0.1) is 68.6 Å². The van der Waals surface area contributed by atoms with Crippen molar-refractivity contribution >= 4 is 111 Å². The molecule has 2 aliphatic rings. The minimum Gasteiger partial charge on any atom is -0.870 e. The summed E-state index contributed by atoms with van der Waals surface area (Å²) in [5, 5.41) is 26.8. The zero-order chi connectivity index (χ0) is 33.4. The Hall–Kier alpha value is -2.98. The van der Waals surface area contributed by atoms with E-state index >= 15 is 0 Å². The third-order valence-corrected chi connectivity index (χ3v) is 12.9. The van der Waals surface area contributed by atoms with Crippen LogP contribution in [0.2, 0.25) is 0 Å². The second-order valence-corrected chi connectivity index (χ2v) is 15.2. The maximum absolute atomic E-state index is 13.8. The number of thioether (sulfide) groups is 4. The second-order valence-electron chi connectivity index (χ2n) is 9.72. The number of hydrogen-bond acceptors (Lipinski definition) is 13. The summed E-state index contributed by atoms with van der Waals surface area (Å²) < 4.78 is 1.71. The normalized spacial score (nSPS) is 13.8. The summed E-state index contributed by atoms with van der Waals surface area (Å²) in [6.45, 7) is 0. The fraction of sp³-hybridized carbons (Fsp3) is 0.125. The second kappa shape index (κ2) is 15.3. The summed E-state index contributed by atoms with van der Waals surface area (Å²) in [6.07, 6.45) is 7.59. The van der Waals surface area contributed by atoms with Crippen LogP contribution >= 0.6 is 70.3 Å². The fourth-order valence-electron chi connectivity index (χ4n) is 5.17. The molecule has 9 nitrogen and oxygen atoms in total.